The molecule has 3 heterocycles. The summed E-state index contributed by atoms with van der Waals surface area (Å²) in [7, 11) is 1.27. The maximum atomic E-state index is 11.8. The number of piperidine rings is 1. The number of ether oxygens (including phenoxy) is 4. The first kappa shape index (κ1) is 27.8. The fraction of sp³-hybridized carbons (Fsp3) is 0.387. The quantitative estimate of drug-likeness (QED) is 0.148. The van der Waals surface area contributed by atoms with E-state index in [0.717, 1.165) is 38.0 Å². The number of rotatable bonds is 13. The zero-order valence-corrected chi connectivity index (χ0v) is 22.8. The Balaban J connectivity index is 0.943. The van der Waals surface area contributed by atoms with Gasteiger partial charge in [0.15, 0.2) is 6.29 Å². The fourth-order valence-electron chi connectivity index (χ4n) is 5.26. The van der Waals surface area contributed by atoms with E-state index in [9.17, 15) is 9.59 Å². The number of benzene rings is 2. The minimum absolute atomic E-state index is 0.179. The summed E-state index contributed by atoms with van der Waals surface area (Å²) in [6.45, 7) is 5.46. The van der Waals surface area contributed by atoms with E-state index in [2.05, 4.69) is 33.1 Å². The molecular formula is C31H35N3O6. The molecule has 5 rings (SSSR count). The summed E-state index contributed by atoms with van der Waals surface area (Å²) in [5.41, 5.74) is 4.17. The maximum Gasteiger partial charge on any atom is 0.338 e. The number of hydrogen-bond acceptors (Lipinski definition) is 8. The lowest BCUT2D eigenvalue weighted by Gasteiger charge is -2.32. The molecule has 2 aromatic carbocycles. The van der Waals surface area contributed by atoms with E-state index < -0.39 is 5.97 Å². The summed E-state index contributed by atoms with van der Waals surface area (Å²) in [4.78, 5) is 33.2. The first-order valence-corrected chi connectivity index (χ1v) is 13.7. The van der Waals surface area contributed by atoms with Gasteiger partial charge in [0.05, 0.1) is 39.1 Å². The smallest absolute Gasteiger partial charge is 0.338 e. The van der Waals surface area contributed by atoms with Gasteiger partial charge in [0.1, 0.15) is 12.4 Å². The van der Waals surface area contributed by atoms with Crippen molar-refractivity contribution in [1.82, 2.24) is 14.9 Å². The lowest BCUT2D eigenvalue weighted by atomic mass is 9.89. The van der Waals surface area contributed by atoms with Crippen molar-refractivity contribution < 1.29 is 28.5 Å². The number of likely N-dealkylation sites (tertiary alicyclic amines) is 1. The molecule has 210 valence electrons. The largest absolute Gasteiger partial charge is 0.491 e. The Kier molecular flexibility index (Phi) is 9.38. The number of carbonyl (C=O) groups is 2. The molecule has 9 nitrogen and oxygen atoms in total. The van der Waals surface area contributed by atoms with E-state index in [1.54, 1.807) is 6.07 Å². The second-order valence-electron chi connectivity index (χ2n) is 9.90. The highest BCUT2D eigenvalue weighted by atomic mass is 16.5. The molecule has 0 saturated carbocycles. The van der Waals surface area contributed by atoms with Crippen LogP contribution in [0.4, 0.5) is 0 Å². The molecule has 0 atom stereocenters. The molecule has 0 spiro atoms. The zero-order chi connectivity index (χ0) is 27.7. The Morgan fingerprint density at radius 2 is 1.77 bits per heavy atom. The van der Waals surface area contributed by atoms with Crippen LogP contribution in [0.1, 0.15) is 45.0 Å². The zero-order valence-electron chi connectivity index (χ0n) is 22.8. The number of fused-ring (bicyclic) bond motifs is 3. The number of aldehydes is 1. The fourth-order valence-corrected chi connectivity index (χ4v) is 5.26. The van der Waals surface area contributed by atoms with Crippen LogP contribution in [-0.4, -0.2) is 86.9 Å². The maximum absolute atomic E-state index is 11.8. The van der Waals surface area contributed by atoms with Gasteiger partial charge < -0.3 is 28.8 Å². The van der Waals surface area contributed by atoms with Crippen molar-refractivity contribution in [2.45, 2.75) is 18.8 Å². The molecule has 1 aliphatic heterocycles. The SMILES string of the molecule is COC(=O)c1cc(OCCOCCOCCN2CCC(c3ccc4c(c3)[nH]c3ccncc34)CC2)ccc1C=O. The van der Waals surface area contributed by atoms with Gasteiger partial charge in [0, 0.05) is 46.3 Å². The normalized spacial score (nSPS) is 14.5. The van der Waals surface area contributed by atoms with E-state index in [1.807, 2.05) is 18.5 Å². The van der Waals surface area contributed by atoms with E-state index in [-0.39, 0.29) is 11.1 Å². The van der Waals surface area contributed by atoms with Crippen molar-refractivity contribution in [2.24, 2.45) is 0 Å². The summed E-state index contributed by atoms with van der Waals surface area (Å²) in [6, 6.07) is 13.5. The van der Waals surface area contributed by atoms with Crippen LogP contribution < -0.4 is 4.74 Å². The van der Waals surface area contributed by atoms with Gasteiger partial charge in [-0.1, -0.05) is 12.1 Å². The number of esters is 1. The van der Waals surface area contributed by atoms with Crippen molar-refractivity contribution in [3.63, 3.8) is 0 Å². The number of aromatic amines is 1. The molecule has 9 heteroatoms. The molecule has 1 N–H and O–H groups in total. The highest BCUT2D eigenvalue weighted by molar-refractivity contribution is 6.06. The van der Waals surface area contributed by atoms with Gasteiger partial charge >= 0.3 is 5.97 Å². The van der Waals surface area contributed by atoms with E-state index in [1.165, 1.54) is 41.1 Å². The van der Waals surface area contributed by atoms with Gasteiger partial charge in [-0.25, -0.2) is 4.79 Å². The number of nitrogens with zero attached hydrogens (tertiary/aromatic N) is 2. The van der Waals surface area contributed by atoms with E-state index in [4.69, 9.17) is 18.9 Å². The van der Waals surface area contributed by atoms with Crippen LogP contribution in [0.5, 0.6) is 5.75 Å². The number of nitrogens with one attached hydrogen (secondary N) is 1. The van der Waals surface area contributed by atoms with Gasteiger partial charge in [0.2, 0.25) is 0 Å². The highest BCUT2D eigenvalue weighted by Crippen LogP contribution is 2.32. The van der Waals surface area contributed by atoms with Crippen molar-refractivity contribution >= 4 is 34.1 Å². The Bertz CT molecular complexity index is 1440. The van der Waals surface area contributed by atoms with Crippen LogP contribution in [-0.2, 0) is 14.2 Å². The second-order valence-corrected chi connectivity index (χ2v) is 9.90. The van der Waals surface area contributed by atoms with Gasteiger partial charge in [-0.3, -0.25) is 9.78 Å². The predicted molar refractivity (Wildman–Crippen MR) is 152 cm³/mol. The molecule has 0 bridgehead atoms. The first-order valence-electron chi connectivity index (χ1n) is 13.7. The van der Waals surface area contributed by atoms with Crippen LogP contribution in [0.3, 0.4) is 0 Å². The third kappa shape index (κ3) is 6.67. The summed E-state index contributed by atoms with van der Waals surface area (Å²) in [5, 5.41) is 2.41. The Morgan fingerprint density at radius 1 is 0.975 bits per heavy atom. The molecule has 0 aliphatic carbocycles. The Labute approximate surface area is 233 Å². The van der Waals surface area contributed by atoms with Crippen molar-refractivity contribution in [1.29, 1.82) is 0 Å². The molecular weight excluding hydrogens is 510 g/mol. The van der Waals surface area contributed by atoms with Crippen LogP contribution in [0.2, 0.25) is 0 Å². The van der Waals surface area contributed by atoms with Gasteiger partial charge in [-0.05, 0) is 67.7 Å². The topological polar surface area (TPSA) is 103 Å². The average Bonchev–Trinajstić information content (AvgIpc) is 3.38. The van der Waals surface area contributed by atoms with Crippen molar-refractivity contribution in [2.75, 3.05) is 59.8 Å². The van der Waals surface area contributed by atoms with Gasteiger partial charge in [-0.2, -0.15) is 0 Å². The van der Waals surface area contributed by atoms with Crippen LogP contribution in [0.15, 0.2) is 54.9 Å². The van der Waals surface area contributed by atoms with Crippen LogP contribution in [0, 0.1) is 0 Å². The van der Waals surface area contributed by atoms with Crippen molar-refractivity contribution in [3.8, 4) is 5.75 Å². The van der Waals surface area contributed by atoms with E-state index in [0.29, 0.717) is 51.0 Å². The third-order valence-corrected chi connectivity index (χ3v) is 7.46. The lowest BCUT2D eigenvalue weighted by Crippen LogP contribution is -2.35. The van der Waals surface area contributed by atoms with Crippen LogP contribution in [0.25, 0.3) is 21.8 Å². The molecule has 4 aromatic rings. The average molecular weight is 546 g/mol. The Hall–Kier alpha value is -3.79. The number of H-pyrrole nitrogens is 1. The number of pyridine rings is 1. The molecule has 0 amide bonds. The monoisotopic (exact) mass is 545 g/mol. The van der Waals surface area contributed by atoms with Gasteiger partial charge in [0.25, 0.3) is 0 Å². The predicted octanol–water partition coefficient (Wildman–Crippen LogP) is 4.61. The standard InChI is InChI=1S/C31H35N3O6/c1-37-31(36)27-19-25(4-2-24(27)21-35)40-17-16-39-15-14-38-13-12-34-10-7-22(8-11-34)23-3-5-26-28-20-32-9-6-29(28)33-30(26)18-23/h2-6,9,18-22,33H,7-8,10-17H2,1H3. The Morgan fingerprint density at radius 3 is 2.58 bits per heavy atom. The number of aromatic nitrogens is 2. The first-order chi connectivity index (χ1) is 19.7. The summed E-state index contributed by atoms with van der Waals surface area (Å²) >= 11 is 0. The molecule has 0 unspecified atom stereocenters. The number of hydrogen-bond donors (Lipinski definition) is 1. The summed E-state index contributed by atoms with van der Waals surface area (Å²) in [6.07, 6.45) is 6.67. The molecule has 1 fully saturated rings. The lowest BCUT2D eigenvalue weighted by molar-refractivity contribution is 0.0272. The third-order valence-electron chi connectivity index (χ3n) is 7.46. The second kappa shape index (κ2) is 13.5. The molecule has 0 radical (unpaired) electrons. The molecule has 1 saturated heterocycles. The minimum atomic E-state index is -0.577. The minimum Gasteiger partial charge on any atom is -0.491 e. The van der Waals surface area contributed by atoms with Crippen molar-refractivity contribution in [3.05, 3.63) is 71.5 Å². The van der Waals surface area contributed by atoms with Crippen LogP contribution >= 0.6 is 0 Å². The van der Waals surface area contributed by atoms with Gasteiger partial charge in [-0.15, -0.1) is 0 Å². The molecule has 1 aliphatic rings. The molecule has 40 heavy (non-hydrogen) atoms. The van der Waals surface area contributed by atoms with E-state index >= 15 is 0 Å². The summed E-state index contributed by atoms with van der Waals surface area (Å²) in [5.74, 6) is 0.481. The molecule has 2 aromatic heterocycles. The highest BCUT2D eigenvalue weighted by Gasteiger charge is 2.21. The summed E-state index contributed by atoms with van der Waals surface area (Å²) < 4.78 is 21.7. The number of methoxy groups -OCH3 is 1. The number of carbonyl (C=O) groups excluding carboxylic acids is 2.